The fourth-order valence-corrected chi connectivity index (χ4v) is 5.32. The highest BCUT2D eigenvalue weighted by atomic mass is 79.9. The summed E-state index contributed by atoms with van der Waals surface area (Å²) in [6.45, 7) is 0. The zero-order valence-electron chi connectivity index (χ0n) is 16.4. The molecule has 0 radical (unpaired) electrons. The lowest BCUT2D eigenvalue weighted by Gasteiger charge is -2.26. The van der Waals surface area contributed by atoms with Crippen LogP contribution >= 0.6 is 27.3 Å². The predicted octanol–water partition coefficient (Wildman–Crippen LogP) is 4.62. The van der Waals surface area contributed by atoms with E-state index in [4.69, 9.17) is 10.7 Å². The van der Waals surface area contributed by atoms with Crippen molar-refractivity contribution in [3.63, 3.8) is 0 Å². The Balaban J connectivity index is 1.52. The number of hydrogen-bond acceptors (Lipinski definition) is 7. The van der Waals surface area contributed by atoms with Crippen molar-refractivity contribution >= 4 is 44.7 Å². The molecule has 4 aromatic heterocycles. The van der Waals surface area contributed by atoms with E-state index in [9.17, 15) is 9.90 Å². The van der Waals surface area contributed by atoms with Gasteiger partial charge in [-0.2, -0.15) is 9.61 Å². The fraction of sp³-hybridized carbons (Fsp3) is 0.286. The normalized spacial score (nSPS) is 19.0. The number of carbonyl (C=O) groups is 1. The van der Waals surface area contributed by atoms with E-state index in [0.717, 1.165) is 44.8 Å². The summed E-state index contributed by atoms with van der Waals surface area (Å²) < 4.78 is 2.35. The highest BCUT2D eigenvalue weighted by Crippen LogP contribution is 2.40. The van der Waals surface area contributed by atoms with Crippen LogP contribution in [0, 0.1) is 5.92 Å². The van der Waals surface area contributed by atoms with Gasteiger partial charge in [0.2, 0.25) is 0 Å². The van der Waals surface area contributed by atoms with E-state index in [-0.39, 0.29) is 11.8 Å². The largest absolute Gasteiger partial charge is 0.481 e. The number of anilines is 1. The average molecular weight is 499 g/mol. The Morgan fingerprint density at radius 2 is 2.00 bits per heavy atom. The molecule has 4 aromatic rings. The number of carboxylic acid groups (broad SMARTS) is 1. The van der Waals surface area contributed by atoms with Gasteiger partial charge in [-0.15, -0.1) is 11.3 Å². The Labute approximate surface area is 190 Å². The minimum atomic E-state index is -0.716. The van der Waals surface area contributed by atoms with Gasteiger partial charge < -0.3 is 10.8 Å². The molecule has 158 valence electrons. The molecule has 1 fully saturated rings. The molecule has 0 spiro atoms. The number of carboxylic acids is 1. The fourth-order valence-electron chi connectivity index (χ4n) is 4.13. The molecule has 0 saturated heterocycles. The molecular weight excluding hydrogens is 480 g/mol. The molecule has 10 heteroatoms. The third-order valence-corrected chi connectivity index (χ3v) is 7.45. The van der Waals surface area contributed by atoms with Crippen LogP contribution < -0.4 is 5.73 Å². The third kappa shape index (κ3) is 3.59. The number of nitrogens with two attached hydrogens (primary N) is 1. The predicted molar refractivity (Wildman–Crippen MR) is 122 cm³/mol. The first-order chi connectivity index (χ1) is 15.0. The van der Waals surface area contributed by atoms with Gasteiger partial charge in [-0.05, 0) is 47.7 Å². The second-order valence-electron chi connectivity index (χ2n) is 7.65. The van der Waals surface area contributed by atoms with Crippen LogP contribution in [0.3, 0.4) is 0 Å². The highest BCUT2D eigenvalue weighted by molar-refractivity contribution is 9.10. The molecule has 0 atom stereocenters. The van der Waals surface area contributed by atoms with Crippen LogP contribution in [0.15, 0.2) is 40.6 Å². The van der Waals surface area contributed by atoms with Crippen molar-refractivity contribution in [3.05, 3.63) is 46.3 Å². The van der Waals surface area contributed by atoms with Gasteiger partial charge in [-0.3, -0.25) is 9.78 Å². The first kappa shape index (κ1) is 20.1. The van der Waals surface area contributed by atoms with Crippen LogP contribution in [0.25, 0.3) is 27.5 Å². The van der Waals surface area contributed by atoms with Crippen molar-refractivity contribution in [1.29, 1.82) is 0 Å². The summed E-state index contributed by atoms with van der Waals surface area (Å²) in [4.78, 5) is 25.1. The SMILES string of the molecule is Nc1c(Br)c([C@H]2CC[C@H](C(=O)O)CC2)nc2c(-c3ccc(-c4nccs4)nc3)cnn12. The maximum atomic E-state index is 11.3. The van der Waals surface area contributed by atoms with Gasteiger partial charge in [0, 0.05) is 34.8 Å². The number of nitrogen functional groups attached to an aromatic ring is 1. The number of pyridine rings is 1. The zero-order chi connectivity index (χ0) is 21.5. The average Bonchev–Trinajstić information content (AvgIpc) is 3.47. The van der Waals surface area contributed by atoms with Crippen molar-refractivity contribution in [1.82, 2.24) is 24.6 Å². The van der Waals surface area contributed by atoms with E-state index in [0.29, 0.717) is 24.3 Å². The van der Waals surface area contributed by atoms with Gasteiger partial charge in [-0.1, -0.05) is 6.07 Å². The van der Waals surface area contributed by atoms with Crippen molar-refractivity contribution in [2.24, 2.45) is 5.92 Å². The Kier molecular flexibility index (Phi) is 5.19. The van der Waals surface area contributed by atoms with Gasteiger partial charge in [0.05, 0.1) is 28.0 Å². The summed E-state index contributed by atoms with van der Waals surface area (Å²) in [6.07, 6.45) is 8.14. The van der Waals surface area contributed by atoms with Crippen LogP contribution in [0.4, 0.5) is 5.82 Å². The van der Waals surface area contributed by atoms with E-state index in [1.165, 1.54) is 0 Å². The molecule has 4 heterocycles. The van der Waals surface area contributed by atoms with Gasteiger partial charge in [0.25, 0.3) is 0 Å². The summed E-state index contributed by atoms with van der Waals surface area (Å²) >= 11 is 5.14. The van der Waals surface area contributed by atoms with E-state index in [1.807, 2.05) is 17.5 Å². The van der Waals surface area contributed by atoms with Gasteiger partial charge >= 0.3 is 5.97 Å². The monoisotopic (exact) mass is 498 g/mol. The van der Waals surface area contributed by atoms with Gasteiger partial charge in [-0.25, -0.2) is 9.97 Å². The van der Waals surface area contributed by atoms with Gasteiger partial charge in [0.15, 0.2) is 5.65 Å². The summed E-state index contributed by atoms with van der Waals surface area (Å²) in [5.74, 6) is -0.347. The molecule has 1 saturated carbocycles. The second-order valence-corrected chi connectivity index (χ2v) is 9.33. The molecule has 5 rings (SSSR count). The lowest BCUT2D eigenvalue weighted by atomic mass is 9.80. The molecule has 3 N–H and O–H groups in total. The first-order valence-electron chi connectivity index (χ1n) is 9.94. The van der Waals surface area contributed by atoms with Crippen LogP contribution in [0.1, 0.15) is 37.3 Å². The molecule has 0 amide bonds. The zero-order valence-corrected chi connectivity index (χ0v) is 18.8. The number of thiazole rings is 1. The van der Waals surface area contributed by atoms with Crippen LogP contribution in [-0.2, 0) is 4.79 Å². The van der Waals surface area contributed by atoms with Crippen molar-refractivity contribution in [3.8, 4) is 21.8 Å². The highest BCUT2D eigenvalue weighted by Gasteiger charge is 2.30. The van der Waals surface area contributed by atoms with E-state index < -0.39 is 5.97 Å². The Morgan fingerprint density at radius 1 is 1.19 bits per heavy atom. The summed E-state index contributed by atoms with van der Waals surface area (Å²) in [5, 5.41) is 16.5. The number of fused-ring (bicyclic) bond motifs is 1. The molecule has 0 bridgehead atoms. The van der Waals surface area contributed by atoms with Crippen molar-refractivity contribution < 1.29 is 9.90 Å². The topological polar surface area (TPSA) is 119 Å². The molecule has 0 aromatic carbocycles. The lowest BCUT2D eigenvalue weighted by Crippen LogP contribution is -2.21. The number of rotatable bonds is 4. The number of aliphatic carboxylic acids is 1. The second kappa shape index (κ2) is 8.01. The standard InChI is InChI=1S/C21H19BrN6O2S/c22-16-17(11-1-3-12(4-2-11)21(29)30)27-19-14(10-26-28(19)18(16)23)13-5-6-15(25-9-13)20-24-7-8-31-20/h5-12H,1-4,23H2,(H,29,30)/t11-,12-. The van der Waals surface area contributed by atoms with Crippen LogP contribution in [-0.4, -0.2) is 35.6 Å². The Hall–Kier alpha value is -2.85. The minimum Gasteiger partial charge on any atom is -0.481 e. The van der Waals surface area contributed by atoms with Crippen LogP contribution in [0.5, 0.6) is 0 Å². The molecule has 0 unspecified atom stereocenters. The first-order valence-corrected chi connectivity index (χ1v) is 11.6. The smallest absolute Gasteiger partial charge is 0.306 e. The third-order valence-electron chi connectivity index (χ3n) is 5.84. The van der Waals surface area contributed by atoms with Crippen molar-refractivity contribution in [2.45, 2.75) is 31.6 Å². The number of halogens is 1. The molecule has 0 aliphatic heterocycles. The molecular formula is C21H19BrN6O2S. The Morgan fingerprint density at radius 3 is 2.65 bits per heavy atom. The van der Waals surface area contributed by atoms with E-state index in [1.54, 1.807) is 34.4 Å². The molecule has 31 heavy (non-hydrogen) atoms. The number of hydrogen-bond donors (Lipinski definition) is 2. The summed E-state index contributed by atoms with van der Waals surface area (Å²) in [7, 11) is 0. The minimum absolute atomic E-state index is 0.158. The van der Waals surface area contributed by atoms with Gasteiger partial charge in [0.1, 0.15) is 10.8 Å². The molecule has 1 aliphatic carbocycles. The maximum Gasteiger partial charge on any atom is 0.306 e. The summed E-state index contributed by atoms with van der Waals surface area (Å²) in [6, 6.07) is 3.92. The quantitative estimate of drug-likeness (QED) is 0.421. The van der Waals surface area contributed by atoms with Crippen molar-refractivity contribution in [2.75, 3.05) is 5.73 Å². The number of nitrogens with zero attached hydrogens (tertiary/aromatic N) is 5. The molecule has 8 nitrogen and oxygen atoms in total. The van der Waals surface area contributed by atoms with E-state index in [2.05, 4.69) is 31.0 Å². The molecule has 1 aliphatic rings. The Bertz CT molecular complexity index is 1250. The summed E-state index contributed by atoms with van der Waals surface area (Å²) in [5.41, 5.74) is 10.5. The number of aromatic nitrogens is 5. The van der Waals surface area contributed by atoms with Crippen LogP contribution in [0.2, 0.25) is 0 Å². The maximum absolute atomic E-state index is 11.3. The lowest BCUT2D eigenvalue weighted by molar-refractivity contribution is -0.142. The van der Waals surface area contributed by atoms with E-state index >= 15 is 0 Å².